The maximum atomic E-state index is 15.7. The topological polar surface area (TPSA) is 99.1 Å². The van der Waals surface area contributed by atoms with E-state index in [9.17, 15) is 4.79 Å². The highest BCUT2D eigenvalue weighted by Gasteiger charge is 2.85. The molecule has 2 saturated heterocycles. The van der Waals surface area contributed by atoms with E-state index in [-0.39, 0.29) is 35.2 Å². The summed E-state index contributed by atoms with van der Waals surface area (Å²) in [6, 6.07) is 8.31. The minimum Gasteiger partial charge on any atom is -0.491 e. The van der Waals surface area contributed by atoms with Crippen molar-refractivity contribution < 1.29 is 33.3 Å². The fourth-order valence-corrected chi connectivity index (χ4v) is 13.2. The van der Waals surface area contributed by atoms with E-state index < -0.39 is 28.4 Å². The van der Waals surface area contributed by atoms with Gasteiger partial charge in [0.05, 0.1) is 41.2 Å². The molecule has 4 bridgehead atoms. The summed E-state index contributed by atoms with van der Waals surface area (Å²) in [6.07, 6.45) is 13.7. The number of carbonyl (C=O) groups is 2. The van der Waals surface area contributed by atoms with E-state index in [1.165, 1.54) is 18.3 Å². The molecule has 7 atom stereocenters. The maximum Gasteiger partial charge on any atom is 0.333 e. The first-order valence-electron chi connectivity index (χ1n) is 23.0. The summed E-state index contributed by atoms with van der Waals surface area (Å²) < 4.78 is 35.0. The van der Waals surface area contributed by atoms with E-state index >= 15 is 4.79 Å². The Balaban J connectivity index is 1.32. The number of Topliss-reactive ketones (excluding diaryl/α,β-unsaturated/α-hetero) is 1. The normalized spacial score (nSPS) is 31.0. The molecule has 11 heteroatoms. The number of methoxy groups -OCH3 is 1. The number of hydrogen-bond donors (Lipinski definition) is 0. The molecule has 0 radical (unpaired) electrons. The highest BCUT2D eigenvalue weighted by atomic mass is 32.2. The Morgan fingerprint density at radius 3 is 2.46 bits per heavy atom. The van der Waals surface area contributed by atoms with Crippen LogP contribution in [-0.4, -0.2) is 108 Å². The lowest BCUT2D eigenvalue weighted by atomic mass is 9.46. The molecule has 336 valence electrons. The SMILES string of the molecule is COC(=O)C(C)=CCC12OC(C)(C)C3CC(C1=O)C1Sc4ccccc4N=C4c5c(OCCN6CCN(C)CC6)c6c(c(CC=C(C)C)c5OC32C41)OC(C)(CCC=C(C)C)C=C6. The number of nitrogens with zero attached hydrogens (tertiary/aromatic N) is 3. The van der Waals surface area contributed by atoms with E-state index in [4.69, 9.17) is 28.7 Å². The Hall–Kier alpha value is -4.16. The molecule has 10 nitrogen and oxygen atoms in total. The average Bonchev–Trinajstić information content (AvgIpc) is 3.32. The van der Waals surface area contributed by atoms with Crippen LogP contribution in [0.1, 0.15) is 97.8 Å². The summed E-state index contributed by atoms with van der Waals surface area (Å²) >= 11 is 1.75. The van der Waals surface area contributed by atoms with Crippen molar-refractivity contribution in [2.45, 2.75) is 120 Å². The number of likely N-dealkylation sites (N-methyl/N-ethyl adjacent to an activating group) is 1. The van der Waals surface area contributed by atoms with Gasteiger partial charge in [0, 0.05) is 72.3 Å². The van der Waals surface area contributed by atoms with E-state index in [2.05, 4.69) is 108 Å². The molecule has 5 fully saturated rings. The molecular formula is C52H65N3O7S. The van der Waals surface area contributed by atoms with Gasteiger partial charge in [-0.15, -0.1) is 11.8 Å². The van der Waals surface area contributed by atoms with Crippen LogP contribution in [0.25, 0.3) is 6.08 Å². The lowest BCUT2D eigenvalue weighted by Gasteiger charge is -2.63. The summed E-state index contributed by atoms with van der Waals surface area (Å²) in [5, 5.41) is -0.179. The summed E-state index contributed by atoms with van der Waals surface area (Å²) in [5.74, 6) is 0.845. The number of ether oxygens (including phenoxy) is 5. The van der Waals surface area contributed by atoms with Gasteiger partial charge in [-0.1, -0.05) is 41.5 Å². The van der Waals surface area contributed by atoms with Crippen molar-refractivity contribution in [1.29, 1.82) is 0 Å². The highest BCUT2D eigenvalue weighted by Crippen LogP contribution is 2.73. The number of thioether (sulfide) groups is 1. The maximum absolute atomic E-state index is 15.7. The zero-order chi connectivity index (χ0) is 44.6. The van der Waals surface area contributed by atoms with Crippen LogP contribution in [0.3, 0.4) is 0 Å². The average molecular weight is 876 g/mol. The number of ketones is 1. The molecule has 8 aliphatic rings. The van der Waals surface area contributed by atoms with Crippen molar-refractivity contribution in [3.63, 3.8) is 0 Å². The second-order valence-corrected chi connectivity index (χ2v) is 21.3. The lowest BCUT2D eigenvalue weighted by Crippen LogP contribution is -2.79. The van der Waals surface area contributed by atoms with E-state index in [0.717, 1.165) is 84.3 Å². The number of para-hydroxylation sites is 1. The van der Waals surface area contributed by atoms with Gasteiger partial charge in [-0.25, -0.2) is 4.79 Å². The first-order valence-corrected chi connectivity index (χ1v) is 23.8. The predicted molar refractivity (Wildman–Crippen MR) is 250 cm³/mol. The zero-order valence-corrected chi connectivity index (χ0v) is 39.7. The summed E-state index contributed by atoms with van der Waals surface area (Å²) in [7, 11) is 3.56. The number of piperazine rings is 1. The molecule has 5 aliphatic heterocycles. The third-order valence-corrected chi connectivity index (χ3v) is 16.3. The standard InChI is InChI=1S/C52H65N3O7S/c1-31(2)14-13-21-50(8)22-20-35-43(60-50)34(18-17-32(3)4)45-40(44(35)59-29-28-55-26-24-54(9)25-27-55)42-41-46(63-38-16-12-11-15-37(38)53-42)36-30-39-49(6,7)62-51(47(36)56,52(39,41)61-45)23-19-33(5)48(57)58-10/h11-12,14-17,19-20,22,36,39,41,46H,13,18,21,23-30H2,1-10H3. The van der Waals surface area contributed by atoms with Gasteiger partial charge in [-0.3, -0.25) is 14.7 Å². The van der Waals surface area contributed by atoms with Gasteiger partial charge in [-0.05, 0) is 112 Å². The monoisotopic (exact) mass is 875 g/mol. The number of fused-ring (bicyclic) bond motifs is 4. The van der Waals surface area contributed by atoms with Crippen LogP contribution in [0.5, 0.6) is 17.2 Å². The number of rotatable bonds is 12. The van der Waals surface area contributed by atoms with Gasteiger partial charge in [0.1, 0.15) is 29.5 Å². The van der Waals surface area contributed by atoms with Crippen molar-refractivity contribution in [3.05, 3.63) is 82.0 Å². The Kier molecular flexibility index (Phi) is 11.4. The molecular weight excluding hydrogens is 811 g/mol. The van der Waals surface area contributed by atoms with Crippen LogP contribution in [-0.2, 0) is 25.5 Å². The van der Waals surface area contributed by atoms with Gasteiger partial charge in [0.2, 0.25) is 0 Å². The van der Waals surface area contributed by atoms with Crippen molar-refractivity contribution >= 4 is 41.0 Å². The molecule has 3 aliphatic carbocycles. The number of esters is 1. The van der Waals surface area contributed by atoms with Gasteiger partial charge < -0.3 is 28.6 Å². The molecule has 0 N–H and O–H groups in total. The first-order chi connectivity index (χ1) is 30.0. The van der Waals surface area contributed by atoms with Crippen molar-refractivity contribution in [2.24, 2.45) is 22.7 Å². The second kappa shape index (κ2) is 16.4. The van der Waals surface area contributed by atoms with Crippen LogP contribution in [0.15, 0.2) is 75.2 Å². The number of allylic oxidation sites excluding steroid dienone is 4. The second-order valence-electron chi connectivity index (χ2n) is 20.1. The van der Waals surface area contributed by atoms with Crippen molar-refractivity contribution in [1.82, 2.24) is 9.80 Å². The first kappa shape index (κ1) is 44.1. The molecule has 10 rings (SSSR count). The summed E-state index contributed by atoms with van der Waals surface area (Å²) in [4.78, 5) is 40.2. The molecule has 7 unspecified atom stereocenters. The minimum absolute atomic E-state index is 0.0349. The number of aliphatic imine (C=N–C) groups is 1. The summed E-state index contributed by atoms with van der Waals surface area (Å²) in [5.41, 5.74) is 3.35. The zero-order valence-electron chi connectivity index (χ0n) is 38.9. The Morgan fingerprint density at radius 1 is 0.984 bits per heavy atom. The molecule has 0 amide bonds. The van der Waals surface area contributed by atoms with Crippen LogP contribution in [0, 0.1) is 17.8 Å². The predicted octanol–water partition coefficient (Wildman–Crippen LogP) is 9.35. The van der Waals surface area contributed by atoms with Crippen molar-refractivity contribution in [3.8, 4) is 17.2 Å². The van der Waals surface area contributed by atoms with Gasteiger partial charge >= 0.3 is 5.97 Å². The van der Waals surface area contributed by atoms with E-state index in [0.29, 0.717) is 36.5 Å². The molecule has 3 saturated carbocycles. The van der Waals surface area contributed by atoms with E-state index in [1.54, 1.807) is 18.7 Å². The molecule has 2 aromatic rings. The van der Waals surface area contributed by atoms with Crippen molar-refractivity contribution in [2.75, 3.05) is 53.5 Å². The largest absolute Gasteiger partial charge is 0.491 e. The minimum atomic E-state index is -1.41. The molecule has 5 heterocycles. The van der Waals surface area contributed by atoms with Crippen LogP contribution in [0.2, 0.25) is 0 Å². The van der Waals surface area contributed by atoms with Gasteiger partial charge in [0.15, 0.2) is 17.0 Å². The fourth-order valence-electron chi connectivity index (χ4n) is 11.6. The number of benzene rings is 2. The van der Waals surface area contributed by atoms with Gasteiger partial charge in [-0.2, -0.15) is 0 Å². The van der Waals surface area contributed by atoms with Crippen LogP contribution < -0.4 is 14.2 Å². The number of hydrogen-bond acceptors (Lipinski definition) is 11. The number of carbonyl (C=O) groups excluding carboxylic acids is 2. The smallest absolute Gasteiger partial charge is 0.333 e. The molecule has 2 aromatic carbocycles. The summed E-state index contributed by atoms with van der Waals surface area (Å²) in [6.45, 7) is 21.9. The Morgan fingerprint density at radius 2 is 1.73 bits per heavy atom. The Labute approximate surface area is 378 Å². The van der Waals surface area contributed by atoms with Crippen LogP contribution in [0.4, 0.5) is 5.69 Å². The van der Waals surface area contributed by atoms with E-state index in [1.807, 2.05) is 12.1 Å². The quantitative estimate of drug-likeness (QED) is 0.117. The van der Waals surface area contributed by atoms with Gasteiger partial charge in [0.25, 0.3) is 0 Å². The third-order valence-electron chi connectivity index (χ3n) is 14.8. The fraction of sp³-hybridized carbons (Fsp3) is 0.558. The molecule has 0 aromatic heterocycles. The lowest BCUT2D eigenvalue weighted by molar-refractivity contribution is -0.196. The van der Waals surface area contributed by atoms with Crippen LogP contribution >= 0.6 is 11.8 Å². The third kappa shape index (κ3) is 7.24. The molecule has 63 heavy (non-hydrogen) atoms. The highest BCUT2D eigenvalue weighted by molar-refractivity contribution is 8.00. The Bertz CT molecular complexity index is 2360. The molecule has 1 spiro atoms.